The van der Waals surface area contributed by atoms with E-state index >= 15 is 0 Å². The van der Waals surface area contributed by atoms with Gasteiger partial charge in [-0.25, -0.2) is 9.67 Å². The van der Waals surface area contributed by atoms with Crippen LogP contribution in [0.2, 0.25) is 0 Å². The van der Waals surface area contributed by atoms with Crippen LogP contribution in [0.25, 0.3) is 22.3 Å². The van der Waals surface area contributed by atoms with Crippen molar-refractivity contribution in [3.63, 3.8) is 0 Å². The van der Waals surface area contributed by atoms with E-state index in [0.29, 0.717) is 22.5 Å². The fraction of sp³-hybridized carbons (Fsp3) is 0.0556. The Balaban J connectivity index is 1.52. The van der Waals surface area contributed by atoms with Gasteiger partial charge >= 0.3 is 5.69 Å². The van der Waals surface area contributed by atoms with Crippen LogP contribution in [0.5, 0.6) is 5.75 Å². The summed E-state index contributed by atoms with van der Waals surface area (Å²) in [5.74, 6) is 1.02. The van der Waals surface area contributed by atoms with Gasteiger partial charge in [-0.05, 0) is 36.4 Å². The van der Waals surface area contributed by atoms with Gasteiger partial charge in [0.05, 0.1) is 15.8 Å². The lowest BCUT2D eigenvalue weighted by atomic mass is 10.2. The molecule has 0 spiro atoms. The van der Waals surface area contributed by atoms with Crippen LogP contribution in [0.3, 0.4) is 0 Å². The number of rotatable bonds is 5. The summed E-state index contributed by atoms with van der Waals surface area (Å²) in [4.78, 5) is 29.5. The van der Waals surface area contributed by atoms with Gasteiger partial charge < -0.3 is 9.72 Å². The summed E-state index contributed by atoms with van der Waals surface area (Å²) in [6, 6.07) is 14.1. The minimum Gasteiger partial charge on any atom is -0.471 e. The second-order valence-electron chi connectivity index (χ2n) is 5.72. The number of hydrogen-bond acceptors (Lipinski definition) is 6. The Labute approximate surface area is 152 Å². The molecule has 0 atom stereocenters. The quantitative estimate of drug-likeness (QED) is 0.430. The molecule has 0 aliphatic carbocycles. The number of nitro groups is 1. The number of nitrogens with one attached hydrogen (secondary N) is 1. The highest BCUT2D eigenvalue weighted by molar-refractivity contribution is 5.79. The van der Waals surface area contributed by atoms with Gasteiger partial charge in [0.15, 0.2) is 6.73 Å². The van der Waals surface area contributed by atoms with E-state index in [0.717, 1.165) is 11.8 Å². The highest BCUT2D eigenvalue weighted by Gasteiger charge is 2.09. The second kappa shape index (κ2) is 6.71. The molecule has 0 radical (unpaired) electrons. The fourth-order valence-corrected chi connectivity index (χ4v) is 2.59. The Morgan fingerprint density at radius 3 is 2.67 bits per heavy atom. The van der Waals surface area contributed by atoms with Crippen molar-refractivity contribution in [3.8, 4) is 17.1 Å². The predicted octanol–water partition coefficient (Wildman–Crippen LogP) is 2.73. The zero-order chi connectivity index (χ0) is 18.8. The minimum absolute atomic E-state index is 0.0399. The van der Waals surface area contributed by atoms with Crippen LogP contribution < -0.4 is 10.3 Å². The third-order valence-corrected chi connectivity index (χ3v) is 3.93. The van der Waals surface area contributed by atoms with Crippen LogP contribution >= 0.6 is 0 Å². The van der Waals surface area contributed by atoms with Gasteiger partial charge in [-0.2, -0.15) is 5.10 Å². The standard InChI is InChI=1S/C18H13N5O4/c24-18-15-3-1-2-4-16(15)20-17(21-18)12-5-7-14(8-6-12)27-11-22-10-13(9-19-22)23(25)26/h1-10H,11H2,(H,20,21,24). The Hall–Kier alpha value is -4.01. The number of nitrogens with zero attached hydrogens (tertiary/aromatic N) is 4. The molecule has 0 aliphatic heterocycles. The predicted molar refractivity (Wildman–Crippen MR) is 97.3 cm³/mol. The van der Waals surface area contributed by atoms with E-state index in [-0.39, 0.29) is 18.0 Å². The van der Waals surface area contributed by atoms with Crippen molar-refractivity contribution in [2.75, 3.05) is 0 Å². The number of aromatic amines is 1. The van der Waals surface area contributed by atoms with Crippen molar-refractivity contribution in [1.29, 1.82) is 0 Å². The van der Waals surface area contributed by atoms with Crippen molar-refractivity contribution in [2.24, 2.45) is 0 Å². The van der Waals surface area contributed by atoms with Crippen molar-refractivity contribution in [2.45, 2.75) is 6.73 Å². The van der Waals surface area contributed by atoms with Gasteiger partial charge in [-0.15, -0.1) is 0 Å². The lowest BCUT2D eigenvalue weighted by Gasteiger charge is -2.07. The van der Waals surface area contributed by atoms with Crippen LogP contribution in [0.1, 0.15) is 0 Å². The van der Waals surface area contributed by atoms with Gasteiger partial charge in [0, 0.05) is 5.56 Å². The van der Waals surface area contributed by atoms with Crippen LogP contribution in [-0.4, -0.2) is 24.7 Å². The summed E-state index contributed by atoms with van der Waals surface area (Å²) in [5.41, 5.74) is 1.06. The zero-order valence-electron chi connectivity index (χ0n) is 13.9. The first-order valence-corrected chi connectivity index (χ1v) is 7.99. The van der Waals surface area contributed by atoms with E-state index in [1.165, 1.54) is 10.9 Å². The lowest BCUT2D eigenvalue weighted by molar-refractivity contribution is -0.385. The van der Waals surface area contributed by atoms with E-state index in [4.69, 9.17) is 4.74 Å². The minimum atomic E-state index is -0.518. The molecule has 0 saturated heterocycles. The molecular weight excluding hydrogens is 350 g/mol. The zero-order valence-corrected chi connectivity index (χ0v) is 13.9. The number of hydrogen-bond donors (Lipinski definition) is 1. The van der Waals surface area contributed by atoms with E-state index in [2.05, 4.69) is 15.1 Å². The lowest BCUT2D eigenvalue weighted by Crippen LogP contribution is -2.09. The fourth-order valence-electron chi connectivity index (χ4n) is 2.59. The van der Waals surface area contributed by atoms with E-state index in [9.17, 15) is 14.9 Å². The number of aromatic nitrogens is 4. The molecular formula is C18H13N5O4. The smallest absolute Gasteiger partial charge is 0.307 e. The average Bonchev–Trinajstić information content (AvgIpc) is 3.16. The molecule has 4 rings (SSSR count). The molecule has 0 bridgehead atoms. The van der Waals surface area contributed by atoms with Crippen molar-refractivity contribution >= 4 is 16.6 Å². The first kappa shape index (κ1) is 16.5. The SMILES string of the molecule is O=c1[nH]c(-c2ccc(OCn3cc([N+](=O)[O-])cn3)cc2)nc2ccccc12. The molecule has 9 heteroatoms. The van der Waals surface area contributed by atoms with Crippen LogP contribution in [0.4, 0.5) is 5.69 Å². The molecule has 1 N–H and O–H groups in total. The monoisotopic (exact) mass is 363 g/mol. The van der Waals surface area contributed by atoms with Crippen LogP contribution in [0, 0.1) is 10.1 Å². The maximum Gasteiger partial charge on any atom is 0.307 e. The highest BCUT2D eigenvalue weighted by atomic mass is 16.6. The molecule has 4 aromatic rings. The summed E-state index contributed by atoms with van der Waals surface area (Å²) < 4.78 is 6.88. The van der Waals surface area contributed by atoms with E-state index < -0.39 is 4.92 Å². The number of benzene rings is 2. The van der Waals surface area contributed by atoms with Crippen LogP contribution in [-0.2, 0) is 6.73 Å². The molecule has 0 aliphatic rings. The maximum atomic E-state index is 12.2. The topological polar surface area (TPSA) is 116 Å². The van der Waals surface area contributed by atoms with Crippen molar-refractivity contribution in [1.82, 2.24) is 19.7 Å². The van der Waals surface area contributed by atoms with Crippen molar-refractivity contribution < 1.29 is 9.66 Å². The number of para-hydroxylation sites is 1. The van der Waals surface area contributed by atoms with Gasteiger partial charge in [-0.3, -0.25) is 14.9 Å². The summed E-state index contributed by atoms with van der Waals surface area (Å²) in [7, 11) is 0. The summed E-state index contributed by atoms with van der Waals surface area (Å²) >= 11 is 0. The second-order valence-corrected chi connectivity index (χ2v) is 5.72. The molecule has 2 aromatic carbocycles. The first-order valence-electron chi connectivity index (χ1n) is 7.99. The average molecular weight is 363 g/mol. The molecule has 2 heterocycles. The summed E-state index contributed by atoms with van der Waals surface area (Å²) in [6.45, 7) is 0.0399. The van der Waals surface area contributed by atoms with Gasteiger partial charge in [0.1, 0.15) is 24.0 Å². The Bertz CT molecular complexity index is 1180. The van der Waals surface area contributed by atoms with E-state index in [1.54, 1.807) is 42.5 Å². The Kier molecular flexibility index (Phi) is 4.09. The molecule has 0 amide bonds. The van der Waals surface area contributed by atoms with E-state index in [1.807, 2.05) is 6.07 Å². The molecule has 9 nitrogen and oxygen atoms in total. The summed E-state index contributed by atoms with van der Waals surface area (Å²) in [6.07, 6.45) is 2.45. The molecule has 0 unspecified atom stereocenters. The van der Waals surface area contributed by atoms with Gasteiger partial charge in [-0.1, -0.05) is 12.1 Å². The van der Waals surface area contributed by atoms with Gasteiger partial charge in [0.25, 0.3) is 5.56 Å². The molecule has 0 fully saturated rings. The largest absolute Gasteiger partial charge is 0.471 e. The molecule has 0 saturated carbocycles. The van der Waals surface area contributed by atoms with Gasteiger partial charge in [0.2, 0.25) is 0 Å². The normalized spacial score (nSPS) is 10.8. The number of H-pyrrole nitrogens is 1. The third-order valence-electron chi connectivity index (χ3n) is 3.93. The molecule has 134 valence electrons. The maximum absolute atomic E-state index is 12.2. The number of ether oxygens (including phenoxy) is 1. The number of fused-ring (bicyclic) bond motifs is 1. The highest BCUT2D eigenvalue weighted by Crippen LogP contribution is 2.20. The van der Waals surface area contributed by atoms with Crippen LogP contribution in [0.15, 0.2) is 65.7 Å². The first-order chi connectivity index (χ1) is 13.1. The molecule has 27 heavy (non-hydrogen) atoms. The van der Waals surface area contributed by atoms with Crippen molar-refractivity contribution in [3.05, 3.63) is 81.4 Å². The summed E-state index contributed by atoms with van der Waals surface area (Å²) in [5, 5.41) is 15.0. The Morgan fingerprint density at radius 2 is 1.93 bits per heavy atom. The molecule has 2 aromatic heterocycles. The third kappa shape index (κ3) is 3.38. The Morgan fingerprint density at radius 1 is 1.15 bits per heavy atom.